The van der Waals surface area contributed by atoms with E-state index < -0.39 is 0 Å². The van der Waals surface area contributed by atoms with E-state index in [1.165, 1.54) is 0 Å². The Morgan fingerprint density at radius 1 is 1.00 bits per heavy atom. The molecule has 0 saturated carbocycles. The summed E-state index contributed by atoms with van der Waals surface area (Å²) in [7, 11) is 0. The van der Waals surface area contributed by atoms with Crippen LogP contribution in [0.1, 0.15) is 6.42 Å². The highest BCUT2D eigenvalue weighted by Crippen LogP contribution is 2.23. The van der Waals surface area contributed by atoms with E-state index in [1.807, 2.05) is 53.2 Å². The van der Waals surface area contributed by atoms with Crippen molar-refractivity contribution in [3.8, 4) is 17.2 Å². The molecule has 0 radical (unpaired) electrons. The SMILES string of the molecule is O=C(COc1ccc(Oc2ccccc2)cc1)NCCCn1ccnc1. The monoisotopic (exact) mass is 351 g/mol. The van der Waals surface area contributed by atoms with Crippen molar-refractivity contribution in [1.82, 2.24) is 14.9 Å². The number of carbonyl (C=O) groups is 1. The first-order chi connectivity index (χ1) is 12.8. The lowest BCUT2D eigenvalue weighted by molar-refractivity contribution is -0.123. The third-order valence-electron chi connectivity index (χ3n) is 3.65. The zero-order chi connectivity index (χ0) is 18.0. The first kappa shape index (κ1) is 17.5. The molecule has 0 spiro atoms. The van der Waals surface area contributed by atoms with E-state index in [9.17, 15) is 4.79 Å². The maximum Gasteiger partial charge on any atom is 0.257 e. The number of imidazole rings is 1. The van der Waals surface area contributed by atoms with Gasteiger partial charge in [-0.1, -0.05) is 18.2 Å². The van der Waals surface area contributed by atoms with Crippen LogP contribution in [0, 0.1) is 0 Å². The summed E-state index contributed by atoms with van der Waals surface area (Å²) in [5, 5.41) is 2.84. The van der Waals surface area contributed by atoms with Gasteiger partial charge in [0, 0.05) is 25.5 Å². The fraction of sp³-hybridized carbons (Fsp3) is 0.200. The average molecular weight is 351 g/mol. The summed E-state index contributed by atoms with van der Waals surface area (Å²) in [4.78, 5) is 15.8. The number of ether oxygens (including phenoxy) is 2. The Balaban J connectivity index is 1.35. The van der Waals surface area contributed by atoms with Crippen molar-refractivity contribution in [1.29, 1.82) is 0 Å². The molecule has 6 nitrogen and oxygen atoms in total. The van der Waals surface area contributed by atoms with Gasteiger partial charge in [-0.05, 0) is 42.8 Å². The van der Waals surface area contributed by atoms with Gasteiger partial charge in [0.15, 0.2) is 6.61 Å². The molecule has 0 bridgehead atoms. The predicted molar refractivity (Wildman–Crippen MR) is 98.3 cm³/mol. The molecule has 3 aromatic rings. The van der Waals surface area contributed by atoms with Crippen molar-refractivity contribution in [2.45, 2.75) is 13.0 Å². The molecule has 134 valence electrons. The van der Waals surface area contributed by atoms with Crippen LogP contribution in [0.25, 0.3) is 0 Å². The van der Waals surface area contributed by atoms with Crippen molar-refractivity contribution in [3.63, 3.8) is 0 Å². The summed E-state index contributed by atoms with van der Waals surface area (Å²) >= 11 is 0. The number of hydrogen-bond acceptors (Lipinski definition) is 4. The Hall–Kier alpha value is -3.28. The van der Waals surface area contributed by atoms with Crippen molar-refractivity contribution >= 4 is 5.91 Å². The number of aryl methyl sites for hydroxylation is 1. The molecule has 2 aromatic carbocycles. The van der Waals surface area contributed by atoms with Crippen LogP contribution in [0.4, 0.5) is 0 Å². The van der Waals surface area contributed by atoms with E-state index in [2.05, 4.69) is 10.3 Å². The van der Waals surface area contributed by atoms with Crippen LogP contribution >= 0.6 is 0 Å². The second-order valence-electron chi connectivity index (χ2n) is 5.68. The molecule has 0 fully saturated rings. The van der Waals surface area contributed by atoms with Gasteiger partial charge < -0.3 is 19.4 Å². The number of aromatic nitrogens is 2. The van der Waals surface area contributed by atoms with Gasteiger partial charge in [-0.3, -0.25) is 4.79 Å². The summed E-state index contributed by atoms with van der Waals surface area (Å²) in [6, 6.07) is 16.7. The molecule has 0 aliphatic carbocycles. The number of para-hydroxylation sites is 1. The molecule has 6 heteroatoms. The normalized spacial score (nSPS) is 10.3. The lowest BCUT2D eigenvalue weighted by atomic mass is 10.3. The van der Waals surface area contributed by atoms with Crippen LogP contribution in [0.2, 0.25) is 0 Å². The molecule has 0 saturated heterocycles. The highest BCUT2D eigenvalue weighted by atomic mass is 16.5. The van der Waals surface area contributed by atoms with Crippen molar-refractivity contribution < 1.29 is 14.3 Å². The molecule has 0 aliphatic rings. The number of carbonyl (C=O) groups excluding carboxylic acids is 1. The number of nitrogens with zero attached hydrogens (tertiary/aromatic N) is 2. The number of benzene rings is 2. The minimum absolute atomic E-state index is 0.00996. The van der Waals surface area contributed by atoms with E-state index >= 15 is 0 Å². The fourth-order valence-corrected chi connectivity index (χ4v) is 2.34. The maximum atomic E-state index is 11.8. The van der Waals surface area contributed by atoms with E-state index in [1.54, 1.807) is 24.7 Å². The Kier molecular flexibility index (Phi) is 6.25. The first-order valence-corrected chi connectivity index (χ1v) is 8.48. The summed E-state index contributed by atoms with van der Waals surface area (Å²) in [5.74, 6) is 1.97. The van der Waals surface area contributed by atoms with Gasteiger partial charge in [0.25, 0.3) is 5.91 Å². The first-order valence-electron chi connectivity index (χ1n) is 8.48. The minimum Gasteiger partial charge on any atom is -0.484 e. The van der Waals surface area contributed by atoms with Gasteiger partial charge in [-0.2, -0.15) is 0 Å². The fourth-order valence-electron chi connectivity index (χ4n) is 2.34. The van der Waals surface area contributed by atoms with Gasteiger partial charge in [0.1, 0.15) is 17.2 Å². The minimum atomic E-state index is -0.139. The third-order valence-corrected chi connectivity index (χ3v) is 3.65. The standard InChI is InChI=1S/C20H21N3O3/c24-20(22-11-4-13-23-14-12-21-16-23)15-25-17-7-9-19(10-8-17)26-18-5-2-1-3-6-18/h1-3,5-10,12,14,16H,4,11,13,15H2,(H,22,24). The molecule has 0 aliphatic heterocycles. The van der Waals surface area contributed by atoms with Crippen LogP contribution in [-0.2, 0) is 11.3 Å². The number of amides is 1. The van der Waals surface area contributed by atoms with Gasteiger partial charge >= 0.3 is 0 Å². The smallest absolute Gasteiger partial charge is 0.257 e. The third kappa shape index (κ3) is 5.66. The predicted octanol–water partition coefficient (Wildman–Crippen LogP) is 3.26. The molecule has 3 rings (SSSR count). The highest BCUT2D eigenvalue weighted by Gasteiger charge is 2.03. The Bertz CT molecular complexity index is 787. The quantitative estimate of drug-likeness (QED) is 0.601. The van der Waals surface area contributed by atoms with Crippen LogP contribution < -0.4 is 14.8 Å². The van der Waals surface area contributed by atoms with Gasteiger partial charge in [-0.15, -0.1) is 0 Å². The van der Waals surface area contributed by atoms with Crippen LogP contribution in [0.15, 0.2) is 73.3 Å². The lowest BCUT2D eigenvalue weighted by Crippen LogP contribution is -2.30. The zero-order valence-electron chi connectivity index (χ0n) is 14.4. The van der Waals surface area contributed by atoms with E-state index in [0.717, 1.165) is 18.7 Å². The topological polar surface area (TPSA) is 65.4 Å². The molecule has 0 unspecified atom stereocenters. The lowest BCUT2D eigenvalue weighted by Gasteiger charge is -2.09. The highest BCUT2D eigenvalue weighted by molar-refractivity contribution is 5.77. The average Bonchev–Trinajstić information content (AvgIpc) is 3.19. The molecular weight excluding hydrogens is 330 g/mol. The molecule has 0 atom stereocenters. The molecule has 1 N–H and O–H groups in total. The van der Waals surface area contributed by atoms with Gasteiger partial charge in [0.2, 0.25) is 0 Å². The molecule has 1 aromatic heterocycles. The maximum absolute atomic E-state index is 11.8. The Labute approximate surface area is 152 Å². The van der Waals surface area contributed by atoms with Gasteiger partial charge in [0.05, 0.1) is 6.33 Å². The van der Waals surface area contributed by atoms with E-state index in [-0.39, 0.29) is 12.5 Å². The molecule has 26 heavy (non-hydrogen) atoms. The Morgan fingerprint density at radius 2 is 1.73 bits per heavy atom. The second kappa shape index (κ2) is 9.27. The van der Waals surface area contributed by atoms with Crippen molar-refractivity contribution in [2.75, 3.05) is 13.2 Å². The summed E-state index contributed by atoms with van der Waals surface area (Å²) in [6.07, 6.45) is 6.24. The van der Waals surface area contributed by atoms with Crippen LogP contribution in [0.5, 0.6) is 17.2 Å². The Morgan fingerprint density at radius 3 is 2.46 bits per heavy atom. The van der Waals surface area contributed by atoms with Crippen molar-refractivity contribution in [3.05, 3.63) is 73.3 Å². The number of hydrogen-bond donors (Lipinski definition) is 1. The largest absolute Gasteiger partial charge is 0.484 e. The summed E-state index contributed by atoms with van der Waals surface area (Å²) < 4.78 is 13.2. The van der Waals surface area contributed by atoms with Crippen LogP contribution in [-0.4, -0.2) is 28.6 Å². The summed E-state index contributed by atoms with van der Waals surface area (Å²) in [6.45, 7) is 1.41. The molecule has 1 heterocycles. The summed E-state index contributed by atoms with van der Waals surface area (Å²) in [5.41, 5.74) is 0. The molecule has 1 amide bonds. The van der Waals surface area contributed by atoms with E-state index in [4.69, 9.17) is 9.47 Å². The van der Waals surface area contributed by atoms with Gasteiger partial charge in [-0.25, -0.2) is 4.98 Å². The number of nitrogens with one attached hydrogen (secondary N) is 1. The van der Waals surface area contributed by atoms with Crippen molar-refractivity contribution in [2.24, 2.45) is 0 Å². The number of rotatable bonds is 9. The van der Waals surface area contributed by atoms with E-state index in [0.29, 0.717) is 18.0 Å². The molecular formula is C20H21N3O3. The second-order valence-corrected chi connectivity index (χ2v) is 5.68. The van der Waals surface area contributed by atoms with Crippen LogP contribution in [0.3, 0.4) is 0 Å². The zero-order valence-corrected chi connectivity index (χ0v) is 14.4.